The number of unbranched alkanes of at least 4 members (excludes halogenated alkanes) is 1. The second-order valence-corrected chi connectivity index (χ2v) is 16.5. The molecule has 0 saturated heterocycles. The number of likely N-dealkylation sites (N-methyl/N-ethyl adjacent to an activating group) is 2. The van der Waals surface area contributed by atoms with E-state index in [9.17, 15) is 0 Å². The number of halogens is 1. The van der Waals surface area contributed by atoms with E-state index in [1.807, 2.05) is 30.4 Å². The van der Waals surface area contributed by atoms with Crippen LogP contribution >= 0.6 is 22.9 Å². The van der Waals surface area contributed by atoms with Gasteiger partial charge < -0.3 is 30.7 Å². The number of fused-ring (bicyclic) bond motifs is 2. The van der Waals surface area contributed by atoms with Crippen molar-refractivity contribution in [1.82, 2.24) is 18.8 Å². The van der Waals surface area contributed by atoms with Gasteiger partial charge in [-0.1, -0.05) is 55.0 Å². The zero-order valence-electron chi connectivity index (χ0n) is 37.6. The first-order chi connectivity index (χ1) is 28.3. The molecule has 9 heteroatoms. The van der Waals surface area contributed by atoms with E-state index in [1.165, 1.54) is 74.4 Å². The number of thiophene rings is 1. The maximum absolute atomic E-state index is 6.25. The van der Waals surface area contributed by atoms with Crippen LogP contribution in [-0.4, -0.2) is 82.3 Å². The SMILES string of the molecule is C=C.C=CCN(CCN(C)c1ccc(CCCCc2cc([N+]3(C)c4ccc(Cl)cc43)ccc2C)s1)C(=C)/C=C/CN(C)C.CCN.CN.Cc1ccc2c(ccn2C)c1. The first kappa shape index (κ1) is 50.7. The molecular weight excluding hydrogens is 766 g/mol. The van der Waals surface area contributed by atoms with Crippen molar-refractivity contribution in [3.8, 4) is 0 Å². The van der Waals surface area contributed by atoms with Crippen LogP contribution in [0.15, 0.2) is 129 Å². The summed E-state index contributed by atoms with van der Waals surface area (Å²) in [6, 6.07) is 26.4. The predicted molar refractivity (Wildman–Crippen MR) is 266 cm³/mol. The first-order valence-corrected chi connectivity index (χ1v) is 21.7. The number of nitrogens with zero attached hydrogens (tertiary/aromatic N) is 5. The Kier molecular flexibility index (Phi) is 22.3. The molecule has 1 unspecified atom stereocenters. The summed E-state index contributed by atoms with van der Waals surface area (Å²) in [4.78, 5) is 8.26. The minimum atomic E-state index is 0.750. The molecule has 320 valence electrons. The molecule has 1 atom stereocenters. The highest BCUT2D eigenvalue weighted by molar-refractivity contribution is 7.16. The summed E-state index contributed by atoms with van der Waals surface area (Å²) in [6.07, 6.45) is 12.9. The lowest BCUT2D eigenvalue weighted by Gasteiger charge is -2.27. The van der Waals surface area contributed by atoms with E-state index in [0.29, 0.717) is 0 Å². The molecule has 4 N–H and O–H groups in total. The zero-order chi connectivity index (χ0) is 44.1. The van der Waals surface area contributed by atoms with Gasteiger partial charge in [0, 0.05) is 91.9 Å². The molecule has 0 aliphatic carbocycles. The molecule has 1 aliphatic heterocycles. The largest absolute Gasteiger partial charge is 0.367 e. The summed E-state index contributed by atoms with van der Waals surface area (Å²) in [5.41, 5.74) is 19.8. The number of benzene rings is 3. The second kappa shape index (κ2) is 25.9. The van der Waals surface area contributed by atoms with Gasteiger partial charge in [-0.3, -0.25) is 0 Å². The van der Waals surface area contributed by atoms with E-state index in [-0.39, 0.29) is 0 Å². The third-order valence-corrected chi connectivity index (χ3v) is 11.6. The molecule has 0 saturated carbocycles. The molecule has 59 heavy (non-hydrogen) atoms. The first-order valence-electron chi connectivity index (χ1n) is 20.5. The monoisotopic (exact) mass is 839 g/mol. The molecule has 6 rings (SSSR count). The van der Waals surface area contributed by atoms with Gasteiger partial charge in [-0.2, -0.15) is 0 Å². The van der Waals surface area contributed by atoms with Crippen LogP contribution in [0.2, 0.25) is 5.02 Å². The highest BCUT2D eigenvalue weighted by Crippen LogP contribution is 2.61. The Morgan fingerprint density at radius 2 is 1.58 bits per heavy atom. The van der Waals surface area contributed by atoms with Gasteiger partial charge >= 0.3 is 0 Å². The van der Waals surface area contributed by atoms with Crippen molar-refractivity contribution in [1.29, 1.82) is 0 Å². The third kappa shape index (κ3) is 15.0. The Morgan fingerprint density at radius 1 is 0.881 bits per heavy atom. The molecule has 0 amide bonds. The predicted octanol–water partition coefficient (Wildman–Crippen LogP) is 11.6. The number of aryl methyl sites for hydroxylation is 5. The lowest BCUT2D eigenvalue weighted by atomic mass is 10.0. The van der Waals surface area contributed by atoms with Gasteiger partial charge in [-0.05, 0) is 126 Å². The smallest absolute Gasteiger partial charge is 0.206 e. The summed E-state index contributed by atoms with van der Waals surface area (Å²) < 4.78 is 2.91. The Hall–Kier alpha value is -4.41. The van der Waals surface area contributed by atoms with E-state index in [1.54, 1.807) is 0 Å². The van der Waals surface area contributed by atoms with Gasteiger partial charge in [0.05, 0.1) is 12.0 Å². The van der Waals surface area contributed by atoms with Crippen molar-refractivity contribution in [2.24, 2.45) is 18.5 Å². The van der Waals surface area contributed by atoms with Gasteiger partial charge in [0.1, 0.15) is 5.69 Å². The average molecular weight is 840 g/mol. The minimum Gasteiger partial charge on any atom is -0.367 e. The molecule has 0 spiro atoms. The lowest BCUT2D eigenvalue weighted by molar-refractivity contribution is 0.400. The van der Waals surface area contributed by atoms with Gasteiger partial charge in [-0.15, -0.1) is 31.1 Å². The molecule has 1 aliphatic rings. The van der Waals surface area contributed by atoms with E-state index in [0.717, 1.165) is 60.8 Å². The number of anilines is 1. The third-order valence-electron chi connectivity index (χ3n) is 10.1. The van der Waals surface area contributed by atoms with Crippen LogP contribution in [0.4, 0.5) is 22.1 Å². The van der Waals surface area contributed by atoms with E-state index in [2.05, 4.69) is 185 Å². The summed E-state index contributed by atoms with van der Waals surface area (Å²) >= 11 is 8.17. The fraction of sp³-hybridized carbons (Fsp3) is 0.360. The van der Waals surface area contributed by atoms with Crippen LogP contribution < -0.4 is 20.9 Å². The molecule has 0 radical (unpaired) electrons. The van der Waals surface area contributed by atoms with Crippen molar-refractivity contribution in [3.05, 3.63) is 156 Å². The minimum absolute atomic E-state index is 0.750. The van der Waals surface area contributed by atoms with Crippen molar-refractivity contribution in [3.63, 3.8) is 0 Å². The molecule has 0 fully saturated rings. The number of aromatic nitrogens is 1. The fourth-order valence-electron chi connectivity index (χ4n) is 6.74. The van der Waals surface area contributed by atoms with Crippen molar-refractivity contribution in [2.45, 2.75) is 46.5 Å². The van der Waals surface area contributed by atoms with Crippen molar-refractivity contribution in [2.75, 3.05) is 72.9 Å². The van der Waals surface area contributed by atoms with Crippen LogP contribution in [0, 0.1) is 13.8 Å². The van der Waals surface area contributed by atoms with Crippen molar-refractivity contribution >= 4 is 55.9 Å². The lowest BCUT2D eigenvalue weighted by Crippen LogP contribution is -2.32. The number of hydrogen-bond acceptors (Lipinski definition) is 6. The molecule has 7 nitrogen and oxygen atoms in total. The highest BCUT2D eigenvalue weighted by Gasteiger charge is 2.51. The molecule has 3 aromatic carbocycles. The second-order valence-electron chi connectivity index (χ2n) is 14.9. The van der Waals surface area contributed by atoms with Crippen LogP contribution in [-0.2, 0) is 19.9 Å². The Labute approximate surface area is 366 Å². The maximum Gasteiger partial charge on any atom is 0.206 e. The fourth-order valence-corrected chi connectivity index (χ4v) is 7.95. The van der Waals surface area contributed by atoms with Gasteiger partial charge in [0.2, 0.25) is 11.4 Å². The Morgan fingerprint density at radius 3 is 2.24 bits per heavy atom. The molecular formula is C50H73ClN7S+. The molecule has 3 heterocycles. The van der Waals surface area contributed by atoms with Gasteiger partial charge in [0.15, 0.2) is 0 Å². The number of quaternary nitrogens is 1. The highest BCUT2D eigenvalue weighted by atomic mass is 35.5. The van der Waals surface area contributed by atoms with E-state index in [4.69, 9.17) is 17.3 Å². The normalized spacial score (nSPS) is 13.4. The summed E-state index contributed by atoms with van der Waals surface area (Å²) in [7, 11) is 12.2. The standard InChI is InChI=1S/C35H46ClN4S.C10H11N.C2H7N.C2H4.CH5N/c1-8-21-39(28(3)12-11-22-37(4)5)24-23-38(6)35-20-18-32(41-35)14-10-9-13-29-25-31(17-15-27(29)2)40(7)33-19-16-30(36)26-34(33)40;1-8-3-4-10-9(7-8)5-6-11(10)2;1-2-3;2*1-2/h8,11-12,15-20,25-26H,1,3,9-10,13-14,21-24H2,2,4-7H3;3-7H,1-2H3;2-3H2,1H3;1-2H2;2H2,1H3/q+1;;;;/b12-11+;;;;. The van der Waals surface area contributed by atoms with Crippen LogP contribution in [0.1, 0.15) is 41.3 Å². The average Bonchev–Trinajstić information content (AvgIpc) is 3.49. The summed E-state index contributed by atoms with van der Waals surface area (Å²) in [6.45, 7) is 24.8. The quantitative estimate of drug-likeness (QED) is 0.0341. The topological polar surface area (TPSA) is 66.7 Å². The van der Waals surface area contributed by atoms with Crippen LogP contribution in [0.25, 0.3) is 10.9 Å². The van der Waals surface area contributed by atoms with Gasteiger partial charge in [-0.25, -0.2) is 4.48 Å². The maximum atomic E-state index is 6.25. The summed E-state index contributed by atoms with van der Waals surface area (Å²) in [5.74, 6) is 0. The van der Waals surface area contributed by atoms with Crippen LogP contribution in [0.5, 0.6) is 0 Å². The number of allylic oxidation sites excluding steroid dienone is 1. The Balaban J connectivity index is 0.000000553. The number of rotatable bonds is 16. The van der Waals surface area contributed by atoms with E-state index >= 15 is 0 Å². The van der Waals surface area contributed by atoms with Crippen molar-refractivity contribution < 1.29 is 0 Å². The molecule has 2 aromatic heterocycles. The Bertz CT molecular complexity index is 2060. The van der Waals surface area contributed by atoms with E-state index < -0.39 is 0 Å². The number of nitrogens with two attached hydrogens (primary N) is 2. The summed E-state index contributed by atoms with van der Waals surface area (Å²) in [5, 5.41) is 3.46. The zero-order valence-corrected chi connectivity index (χ0v) is 39.2. The molecule has 0 bridgehead atoms. The number of hydrogen-bond donors (Lipinski definition) is 2. The van der Waals surface area contributed by atoms with Gasteiger partial charge in [0.25, 0.3) is 0 Å². The van der Waals surface area contributed by atoms with Crippen LogP contribution in [0.3, 0.4) is 0 Å². The molecule has 5 aromatic rings.